The molecule has 5 nitrogen and oxygen atoms in total. The number of carbonyl (C=O) groups excluding carboxylic acids is 3. The predicted octanol–water partition coefficient (Wildman–Crippen LogP) is 4.79. The molecule has 0 fully saturated rings. The van der Waals surface area contributed by atoms with Crippen LogP contribution in [0.5, 0.6) is 5.75 Å². The summed E-state index contributed by atoms with van der Waals surface area (Å²) < 4.78 is 5.42. The largest absolute Gasteiger partial charge is 0.482 e. The summed E-state index contributed by atoms with van der Waals surface area (Å²) in [7, 11) is 0. The lowest BCUT2D eigenvalue weighted by atomic mass is 9.83. The highest BCUT2D eigenvalue weighted by Gasteiger charge is 2.31. The highest BCUT2D eigenvalue weighted by molar-refractivity contribution is 6.35. The maximum Gasteiger partial charge on any atom is 0.262 e. The minimum absolute atomic E-state index is 0.175. The molecule has 4 rings (SSSR count). The van der Waals surface area contributed by atoms with Gasteiger partial charge >= 0.3 is 0 Å². The van der Waals surface area contributed by atoms with E-state index in [0.29, 0.717) is 21.9 Å². The van der Waals surface area contributed by atoms with Crippen LogP contribution in [0.15, 0.2) is 60.7 Å². The zero-order valence-electron chi connectivity index (χ0n) is 14.9. The average Bonchev–Trinajstić information content (AvgIpc) is 2.71. The number of amides is 1. The molecule has 0 aliphatic heterocycles. The summed E-state index contributed by atoms with van der Waals surface area (Å²) in [5.74, 6) is -0.756. The molecule has 3 aromatic carbocycles. The minimum Gasteiger partial charge on any atom is -0.482 e. The minimum atomic E-state index is -0.497. The first-order valence-corrected chi connectivity index (χ1v) is 9.40. The number of ketones is 2. The lowest BCUT2D eigenvalue weighted by Crippen LogP contribution is -2.26. The molecule has 0 spiro atoms. The van der Waals surface area contributed by atoms with Crippen molar-refractivity contribution in [3.63, 3.8) is 0 Å². The van der Waals surface area contributed by atoms with Crippen molar-refractivity contribution in [1.82, 2.24) is 0 Å². The van der Waals surface area contributed by atoms with Gasteiger partial charge in [0.05, 0.1) is 16.3 Å². The second-order valence-corrected chi connectivity index (χ2v) is 7.19. The Morgan fingerprint density at radius 1 is 0.862 bits per heavy atom. The van der Waals surface area contributed by atoms with E-state index in [-0.39, 0.29) is 40.0 Å². The molecule has 7 heteroatoms. The quantitative estimate of drug-likeness (QED) is 0.510. The van der Waals surface area contributed by atoms with E-state index in [2.05, 4.69) is 5.32 Å². The molecule has 0 heterocycles. The Bertz CT molecular complexity index is 1170. The van der Waals surface area contributed by atoms with E-state index in [0.717, 1.165) is 0 Å². The van der Waals surface area contributed by atoms with Gasteiger partial charge < -0.3 is 10.1 Å². The lowest BCUT2D eigenvalue weighted by molar-refractivity contribution is -0.118. The molecule has 1 aliphatic rings. The second-order valence-electron chi connectivity index (χ2n) is 6.34. The Morgan fingerprint density at radius 3 is 2.28 bits per heavy atom. The molecule has 0 atom stereocenters. The molecule has 1 aliphatic carbocycles. The number of benzene rings is 3. The van der Waals surface area contributed by atoms with Crippen molar-refractivity contribution in [2.75, 3.05) is 11.9 Å². The monoisotopic (exact) mass is 425 g/mol. The summed E-state index contributed by atoms with van der Waals surface area (Å²) in [6.07, 6.45) is 0. The summed E-state index contributed by atoms with van der Waals surface area (Å²) >= 11 is 11.9. The van der Waals surface area contributed by atoms with Crippen molar-refractivity contribution in [2.24, 2.45) is 0 Å². The summed E-state index contributed by atoms with van der Waals surface area (Å²) in [6.45, 7) is -0.330. The third kappa shape index (κ3) is 3.62. The molecule has 29 heavy (non-hydrogen) atoms. The van der Waals surface area contributed by atoms with Gasteiger partial charge in [-0.25, -0.2) is 0 Å². The zero-order chi connectivity index (χ0) is 20.5. The number of hydrogen-bond acceptors (Lipinski definition) is 4. The number of rotatable bonds is 4. The van der Waals surface area contributed by atoms with Crippen LogP contribution in [0.2, 0.25) is 10.0 Å². The first-order chi connectivity index (χ1) is 14.0. The van der Waals surface area contributed by atoms with Gasteiger partial charge in [-0.05, 0) is 24.3 Å². The molecule has 3 aromatic rings. The zero-order valence-corrected chi connectivity index (χ0v) is 16.4. The van der Waals surface area contributed by atoms with Gasteiger partial charge in [0.2, 0.25) is 0 Å². The number of carbonyl (C=O) groups is 3. The van der Waals surface area contributed by atoms with E-state index < -0.39 is 5.91 Å². The number of anilines is 1. The molecular weight excluding hydrogens is 413 g/mol. The first-order valence-electron chi connectivity index (χ1n) is 8.65. The topological polar surface area (TPSA) is 72.5 Å². The van der Waals surface area contributed by atoms with E-state index in [9.17, 15) is 14.4 Å². The Balaban J connectivity index is 1.57. The molecule has 0 saturated heterocycles. The van der Waals surface area contributed by atoms with Crippen LogP contribution >= 0.6 is 23.2 Å². The van der Waals surface area contributed by atoms with E-state index >= 15 is 0 Å². The van der Waals surface area contributed by atoms with Crippen LogP contribution in [-0.2, 0) is 4.79 Å². The van der Waals surface area contributed by atoms with Crippen molar-refractivity contribution < 1.29 is 19.1 Å². The number of nitrogens with one attached hydrogen (secondary N) is 1. The van der Waals surface area contributed by atoms with E-state index in [4.69, 9.17) is 27.9 Å². The van der Waals surface area contributed by atoms with Gasteiger partial charge in [0.15, 0.2) is 18.2 Å². The van der Waals surface area contributed by atoms with Gasteiger partial charge in [0.25, 0.3) is 5.91 Å². The van der Waals surface area contributed by atoms with Crippen molar-refractivity contribution in [3.8, 4) is 5.75 Å². The van der Waals surface area contributed by atoms with E-state index in [1.165, 1.54) is 6.07 Å². The van der Waals surface area contributed by atoms with E-state index in [1.54, 1.807) is 54.6 Å². The van der Waals surface area contributed by atoms with Crippen molar-refractivity contribution in [1.29, 1.82) is 0 Å². The maximum atomic E-state index is 12.9. The Hall–Kier alpha value is -3.15. The number of fused-ring (bicyclic) bond motifs is 2. The molecule has 0 radical (unpaired) electrons. The predicted molar refractivity (Wildman–Crippen MR) is 110 cm³/mol. The summed E-state index contributed by atoms with van der Waals surface area (Å²) in [4.78, 5) is 38.1. The van der Waals surface area contributed by atoms with Gasteiger partial charge in [-0.3, -0.25) is 14.4 Å². The highest BCUT2D eigenvalue weighted by Crippen LogP contribution is 2.32. The van der Waals surface area contributed by atoms with Gasteiger partial charge in [-0.2, -0.15) is 0 Å². The molecule has 1 amide bonds. The summed E-state index contributed by atoms with van der Waals surface area (Å²) in [5.41, 5.74) is 1.36. The Labute approximate surface area is 176 Å². The molecule has 0 unspecified atom stereocenters. The molecule has 144 valence electrons. The van der Waals surface area contributed by atoms with Crippen LogP contribution in [0.1, 0.15) is 31.8 Å². The number of ether oxygens (including phenoxy) is 1. The third-order valence-corrected chi connectivity index (χ3v) is 5.01. The molecule has 0 saturated carbocycles. The molecule has 1 N–H and O–H groups in total. The highest BCUT2D eigenvalue weighted by atomic mass is 35.5. The van der Waals surface area contributed by atoms with Gasteiger partial charge in [-0.15, -0.1) is 0 Å². The molecular formula is C22H13Cl2NO4. The first kappa shape index (κ1) is 19.2. The van der Waals surface area contributed by atoms with E-state index in [1.807, 2.05) is 0 Å². The van der Waals surface area contributed by atoms with Gasteiger partial charge in [0, 0.05) is 21.7 Å². The third-order valence-electron chi connectivity index (χ3n) is 4.48. The van der Waals surface area contributed by atoms with Crippen LogP contribution in [0.3, 0.4) is 0 Å². The van der Waals surface area contributed by atoms with Crippen LogP contribution in [-0.4, -0.2) is 24.1 Å². The van der Waals surface area contributed by atoms with Gasteiger partial charge in [0.1, 0.15) is 5.75 Å². The number of halogens is 2. The van der Waals surface area contributed by atoms with Crippen LogP contribution in [0.4, 0.5) is 5.69 Å². The summed E-state index contributed by atoms with van der Waals surface area (Å²) in [5, 5.41) is 3.37. The van der Waals surface area contributed by atoms with Crippen LogP contribution < -0.4 is 10.1 Å². The molecule has 0 bridgehead atoms. The Kier molecular flexibility index (Phi) is 5.09. The fraction of sp³-hybridized carbons (Fsp3) is 0.0455. The standard InChI is InChI=1S/C22H13Cl2NO4/c23-12-8-9-18(16(24)10-12)29-11-19(26)25-17-7-3-6-15-20(17)22(28)14-5-2-1-4-13(14)21(15)27/h1-10H,11H2,(H,25,26). The second kappa shape index (κ2) is 7.70. The smallest absolute Gasteiger partial charge is 0.262 e. The lowest BCUT2D eigenvalue weighted by Gasteiger charge is -2.20. The van der Waals surface area contributed by atoms with Crippen molar-refractivity contribution in [2.45, 2.75) is 0 Å². The fourth-order valence-electron chi connectivity index (χ4n) is 3.17. The fourth-order valence-corrected chi connectivity index (χ4v) is 3.63. The Morgan fingerprint density at radius 2 is 1.55 bits per heavy atom. The summed E-state index contributed by atoms with van der Waals surface area (Å²) in [6, 6.07) is 16.0. The SMILES string of the molecule is O=C(COc1ccc(Cl)cc1Cl)Nc1cccc2c1C(=O)c1ccccc1C2=O. The normalized spacial score (nSPS) is 12.2. The maximum absolute atomic E-state index is 12.9. The average molecular weight is 426 g/mol. The van der Waals surface area contributed by atoms with Crippen molar-refractivity contribution >= 4 is 46.4 Å². The van der Waals surface area contributed by atoms with Crippen LogP contribution in [0, 0.1) is 0 Å². The van der Waals surface area contributed by atoms with Gasteiger partial charge in [-0.1, -0.05) is 59.6 Å². The number of hydrogen-bond donors (Lipinski definition) is 1. The molecule has 0 aromatic heterocycles. The van der Waals surface area contributed by atoms with Crippen molar-refractivity contribution in [3.05, 3.63) is 93.0 Å². The van der Waals surface area contributed by atoms with Crippen LogP contribution in [0.25, 0.3) is 0 Å².